The summed E-state index contributed by atoms with van der Waals surface area (Å²) in [6.45, 7) is 0. The summed E-state index contributed by atoms with van der Waals surface area (Å²) in [4.78, 5) is 4.94. The molecule has 0 amide bonds. The van der Waals surface area contributed by atoms with Gasteiger partial charge in [0, 0.05) is 66.2 Å². The first-order chi connectivity index (χ1) is 31.6. The predicted octanol–water partition coefficient (Wildman–Crippen LogP) is 14.4. The molecule has 0 radical (unpaired) electrons. The van der Waals surface area contributed by atoms with Crippen LogP contribution < -0.4 is 5.73 Å². The number of nitrogens with zero attached hydrogens (tertiary/aromatic N) is 4. The Labute approximate surface area is 368 Å². The molecule has 1 atom stereocenters. The summed E-state index contributed by atoms with van der Waals surface area (Å²) in [5.41, 5.74) is 18.8. The molecule has 0 bridgehead atoms. The number of allylic oxidation sites excluding steroid dienone is 1. The maximum atomic E-state index is 17.8. The number of nitrogens with two attached hydrogens (primary N) is 1. The average molecular weight is 826 g/mol. The number of para-hydroxylation sites is 6. The van der Waals surface area contributed by atoms with E-state index in [1.165, 1.54) is 10.8 Å². The average Bonchev–Trinajstić information content (AvgIpc) is 4.00. The van der Waals surface area contributed by atoms with Crippen LogP contribution in [0.2, 0.25) is 0 Å². The van der Waals surface area contributed by atoms with Gasteiger partial charge in [0.25, 0.3) is 0 Å². The molecule has 2 N–H and O–H groups in total. The Morgan fingerprint density at radius 3 is 1.12 bits per heavy atom. The van der Waals surface area contributed by atoms with Gasteiger partial charge in [0.1, 0.15) is 0 Å². The van der Waals surface area contributed by atoms with E-state index in [0.717, 1.165) is 82.8 Å². The monoisotopic (exact) mass is 825 g/mol. The standard InChI is InChI=1S/C58H40FN5/c59-58(61-51(37-50(60)38-16-2-1-3-17-38)39-30-32-41(33-31-39)62-52-24-10-4-18-44(52)45-19-5-11-25-53(45)62)40-34-42(63-54-26-12-6-20-46(54)47-21-7-13-27-55(47)63)36-43(35-40)64-56-28-14-8-22-48(56)49-23-9-15-29-57(49)64/h1-37,58H,60H2/b50-37-,61-51+. The van der Waals surface area contributed by atoms with Gasteiger partial charge in [-0.2, -0.15) is 0 Å². The first-order valence-electron chi connectivity index (χ1n) is 21.5. The van der Waals surface area contributed by atoms with E-state index in [0.29, 0.717) is 17.0 Å². The van der Waals surface area contributed by atoms with Crippen LogP contribution >= 0.6 is 0 Å². The zero-order valence-corrected chi connectivity index (χ0v) is 34.7. The number of hydrogen-bond donors (Lipinski definition) is 1. The molecule has 0 fully saturated rings. The number of aliphatic imine (C=N–C) groups is 1. The highest BCUT2D eigenvalue weighted by molar-refractivity contribution is 6.13. The molecular weight excluding hydrogens is 786 g/mol. The molecule has 64 heavy (non-hydrogen) atoms. The third-order valence-corrected chi connectivity index (χ3v) is 12.5. The normalized spacial score (nSPS) is 13.0. The molecular formula is C58H40FN5. The van der Waals surface area contributed by atoms with Crippen LogP contribution in [-0.4, -0.2) is 19.4 Å². The van der Waals surface area contributed by atoms with Crippen LogP contribution in [0.5, 0.6) is 0 Å². The molecule has 0 spiro atoms. The quantitative estimate of drug-likeness (QED) is 0.120. The number of alkyl halides is 1. The molecule has 12 rings (SSSR count). The number of benzene rings is 9. The van der Waals surface area contributed by atoms with E-state index in [9.17, 15) is 0 Å². The molecule has 3 heterocycles. The van der Waals surface area contributed by atoms with Gasteiger partial charge >= 0.3 is 0 Å². The summed E-state index contributed by atoms with van der Waals surface area (Å²) in [5.74, 6) is 0. The van der Waals surface area contributed by atoms with Crippen molar-refractivity contribution in [1.29, 1.82) is 0 Å². The minimum absolute atomic E-state index is 0.419. The van der Waals surface area contributed by atoms with Gasteiger partial charge in [-0.3, -0.25) is 0 Å². The van der Waals surface area contributed by atoms with E-state index in [1.54, 1.807) is 6.08 Å². The summed E-state index contributed by atoms with van der Waals surface area (Å²) in [6.07, 6.45) is 0.0360. The lowest BCUT2D eigenvalue weighted by Gasteiger charge is -2.17. The maximum Gasteiger partial charge on any atom is 0.216 e. The highest BCUT2D eigenvalue weighted by Crippen LogP contribution is 2.38. The highest BCUT2D eigenvalue weighted by atomic mass is 19.1. The fraction of sp³-hybridized carbons (Fsp3) is 0.0172. The van der Waals surface area contributed by atoms with Gasteiger partial charge in [0.2, 0.25) is 6.30 Å². The zero-order chi connectivity index (χ0) is 42.7. The molecule has 0 saturated carbocycles. The Morgan fingerprint density at radius 1 is 0.391 bits per heavy atom. The molecule has 304 valence electrons. The van der Waals surface area contributed by atoms with E-state index in [2.05, 4.69) is 177 Å². The Bertz CT molecular complexity index is 3520. The van der Waals surface area contributed by atoms with Crippen LogP contribution in [0.1, 0.15) is 23.0 Å². The molecule has 0 aliphatic heterocycles. The molecule has 0 saturated heterocycles. The second kappa shape index (κ2) is 15.2. The molecule has 9 aromatic carbocycles. The third-order valence-electron chi connectivity index (χ3n) is 12.5. The van der Waals surface area contributed by atoms with Crippen molar-refractivity contribution in [3.05, 3.63) is 241 Å². The first kappa shape index (κ1) is 37.3. The minimum Gasteiger partial charge on any atom is -0.398 e. The van der Waals surface area contributed by atoms with E-state index in [1.807, 2.05) is 54.6 Å². The van der Waals surface area contributed by atoms with Gasteiger partial charge in [-0.15, -0.1) is 0 Å². The third kappa shape index (κ3) is 6.10. The van der Waals surface area contributed by atoms with Crippen molar-refractivity contribution in [1.82, 2.24) is 13.7 Å². The number of halogens is 1. The van der Waals surface area contributed by atoms with Crippen molar-refractivity contribution < 1.29 is 4.39 Å². The van der Waals surface area contributed by atoms with Crippen molar-refractivity contribution in [3.63, 3.8) is 0 Å². The summed E-state index contributed by atoms with van der Waals surface area (Å²) in [7, 11) is 0. The van der Waals surface area contributed by atoms with Crippen LogP contribution in [0.3, 0.4) is 0 Å². The smallest absolute Gasteiger partial charge is 0.216 e. The number of fused-ring (bicyclic) bond motifs is 9. The van der Waals surface area contributed by atoms with Gasteiger partial charge in [-0.1, -0.05) is 152 Å². The van der Waals surface area contributed by atoms with Gasteiger partial charge in [-0.25, -0.2) is 9.38 Å². The molecule has 6 heteroatoms. The van der Waals surface area contributed by atoms with Crippen molar-refractivity contribution in [2.45, 2.75) is 6.30 Å². The Morgan fingerprint density at radius 2 is 0.734 bits per heavy atom. The molecule has 0 aliphatic rings. The lowest BCUT2D eigenvalue weighted by atomic mass is 10.0. The second-order valence-corrected chi connectivity index (χ2v) is 16.3. The second-order valence-electron chi connectivity index (χ2n) is 16.3. The van der Waals surface area contributed by atoms with Crippen LogP contribution in [0.15, 0.2) is 229 Å². The number of aromatic nitrogens is 3. The van der Waals surface area contributed by atoms with E-state index in [-0.39, 0.29) is 0 Å². The van der Waals surface area contributed by atoms with Gasteiger partial charge < -0.3 is 19.4 Å². The Hall–Kier alpha value is -8.48. The first-order valence-corrected chi connectivity index (χ1v) is 21.5. The van der Waals surface area contributed by atoms with Crippen LogP contribution in [-0.2, 0) is 0 Å². The summed E-state index contributed by atoms with van der Waals surface area (Å²) < 4.78 is 24.5. The summed E-state index contributed by atoms with van der Waals surface area (Å²) in [6, 6.07) is 74.5. The van der Waals surface area contributed by atoms with E-state index < -0.39 is 6.30 Å². The van der Waals surface area contributed by atoms with Gasteiger partial charge in [0.05, 0.1) is 38.8 Å². The highest BCUT2D eigenvalue weighted by Gasteiger charge is 2.20. The SMILES string of the molecule is N/C(=C\C(=N/C(F)c1cc(-n2c3ccccc3c3ccccc32)cc(-n2c3ccccc3c3ccccc32)c1)c1ccc(-n2c3ccccc3c3ccccc32)cc1)c1ccccc1. The number of rotatable bonds is 8. The lowest BCUT2D eigenvalue weighted by Crippen LogP contribution is -2.07. The number of hydrogen-bond acceptors (Lipinski definition) is 2. The van der Waals surface area contributed by atoms with Crippen LogP contribution in [0.4, 0.5) is 4.39 Å². The van der Waals surface area contributed by atoms with Crippen LogP contribution in [0, 0.1) is 0 Å². The van der Waals surface area contributed by atoms with E-state index in [4.69, 9.17) is 10.7 Å². The Balaban J connectivity index is 1.06. The fourth-order valence-electron chi connectivity index (χ4n) is 9.65. The molecule has 12 aromatic rings. The maximum absolute atomic E-state index is 17.8. The summed E-state index contributed by atoms with van der Waals surface area (Å²) in [5, 5.41) is 6.89. The van der Waals surface area contributed by atoms with Gasteiger partial charge in [0.15, 0.2) is 0 Å². The van der Waals surface area contributed by atoms with Crippen LogP contribution in [0.25, 0.3) is 88.2 Å². The zero-order valence-electron chi connectivity index (χ0n) is 34.7. The molecule has 5 nitrogen and oxygen atoms in total. The predicted molar refractivity (Wildman–Crippen MR) is 265 cm³/mol. The minimum atomic E-state index is -1.76. The topological polar surface area (TPSA) is 53.2 Å². The largest absolute Gasteiger partial charge is 0.398 e. The van der Waals surface area contributed by atoms with Crippen molar-refractivity contribution in [2.75, 3.05) is 0 Å². The van der Waals surface area contributed by atoms with Crippen molar-refractivity contribution in [2.24, 2.45) is 10.7 Å². The van der Waals surface area contributed by atoms with Gasteiger partial charge in [-0.05, 0) is 78.4 Å². The van der Waals surface area contributed by atoms with Crippen molar-refractivity contribution in [3.8, 4) is 17.1 Å². The summed E-state index contributed by atoms with van der Waals surface area (Å²) >= 11 is 0. The molecule has 0 aliphatic carbocycles. The van der Waals surface area contributed by atoms with E-state index >= 15 is 4.39 Å². The fourth-order valence-corrected chi connectivity index (χ4v) is 9.65. The molecule has 1 unspecified atom stereocenters. The molecule has 3 aromatic heterocycles. The van der Waals surface area contributed by atoms with Crippen molar-refractivity contribution >= 4 is 76.8 Å². The Kier molecular flexibility index (Phi) is 8.83. The lowest BCUT2D eigenvalue weighted by molar-refractivity contribution is 0.359.